The lowest BCUT2D eigenvalue weighted by atomic mass is 10.2. The van der Waals surface area contributed by atoms with Crippen molar-refractivity contribution < 1.29 is 27.4 Å². The zero-order valence-corrected chi connectivity index (χ0v) is 14.9. The molecule has 0 amide bonds. The maximum absolute atomic E-state index is 12.3. The number of aryl methyl sites for hydroxylation is 1. The van der Waals surface area contributed by atoms with Crippen molar-refractivity contribution in [2.75, 3.05) is 20.8 Å². The summed E-state index contributed by atoms with van der Waals surface area (Å²) in [6, 6.07) is 11.0. The zero-order chi connectivity index (χ0) is 18.4. The van der Waals surface area contributed by atoms with Gasteiger partial charge in [0.2, 0.25) is 10.0 Å². The van der Waals surface area contributed by atoms with Gasteiger partial charge in [-0.05, 0) is 36.8 Å². The number of hydrogen-bond acceptors (Lipinski definition) is 6. The standard InChI is InChI=1S/C17H19NO6S/c1-12-5-4-6-13(9-12)24-17(19)11-18-25(20,21)14-7-8-15(22-2)16(10-14)23-3/h4-10,18H,11H2,1-3H3. The first-order chi connectivity index (χ1) is 11.9. The van der Waals surface area contributed by atoms with Crippen molar-refractivity contribution in [3.63, 3.8) is 0 Å². The maximum Gasteiger partial charge on any atom is 0.326 e. The minimum Gasteiger partial charge on any atom is -0.493 e. The van der Waals surface area contributed by atoms with Gasteiger partial charge in [0.05, 0.1) is 19.1 Å². The number of carbonyl (C=O) groups excluding carboxylic acids is 1. The first kappa shape index (κ1) is 18.8. The number of rotatable bonds is 7. The topological polar surface area (TPSA) is 90.9 Å². The molecule has 0 aliphatic rings. The first-order valence-electron chi connectivity index (χ1n) is 7.35. The molecule has 25 heavy (non-hydrogen) atoms. The molecule has 0 radical (unpaired) electrons. The molecule has 8 heteroatoms. The van der Waals surface area contributed by atoms with Gasteiger partial charge in [0.15, 0.2) is 11.5 Å². The molecule has 2 aromatic rings. The zero-order valence-electron chi connectivity index (χ0n) is 14.1. The van der Waals surface area contributed by atoms with Crippen molar-refractivity contribution in [2.45, 2.75) is 11.8 Å². The molecule has 0 unspecified atom stereocenters. The highest BCUT2D eigenvalue weighted by molar-refractivity contribution is 7.89. The predicted molar refractivity (Wildman–Crippen MR) is 91.5 cm³/mol. The molecule has 2 rings (SSSR count). The van der Waals surface area contributed by atoms with E-state index in [1.807, 2.05) is 13.0 Å². The van der Waals surface area contributed by atoms with E-state index in [9.17, 15) is 13.2 Å². The average molecular weight is 365 g/mol. The van der Waals surface area contributed by atoms with Gasteiger partial charge in [-0.25, -0.2) is 8.42 Å². The van der Waals surface area contributed by atoms with Crippen LogP contribution in [0, 0.1) is 6.92 Å². The highest BCUT2D eigenvalue weighted by atomic mass is 32.2. The summed E-state index contributed by atoms with van der Waals surface area (Å²) in [5.41, 5.74) is 0.927. The van der Waals surface area contributed by atoms with Crippen molar-refractivity contribution in [3.05, 3.63) is 48.0 Å². The molecule has 0 aliphatic heterocycles. The van der Waals surface area contributed by atoms with Crippen molar-refractivity contribution in [1.82, 2.24) is 4.72 Å². The number of methoxy groups -OCH3 is 2. The van der Waals surface area contributed by atoms with Crippen LogP contribution in [-0.4, -0.2) is 35.2 Å². The van der Waals surface area contributed by atoms with Crippen LogP contribution in [0.5, 0.6) is 17.2 Å². The van der Waals surface area contributed by atoms with Crippen molar-refractivity contribution in [1.29, 1.82) is 0 Å². The number of carbonyl (C=O) groups is 1. The van der Waals surface area contributed by atoms with E-state index in [0.717, 1.165) is 5.56 Å². The highest BCUT2D eigenvalue weighted by Gasteiger charge is 2.18. The SMILES string of the molecule is COc1ccc(S(=O)(=O)NCC(=O)Oc2cccc(C)c2)cc1OC. The number of ether oxygens (including phenoxy) is 3. The Morgan fingerprint density at radius 3 is 2.40 bits per heavy atom. The van der Waals surface area contributed by atoms with Gasteiger partial charge in [-0.15, -0.1) is 0 Å². The first-order valence-corrected chi connectivity index (χ1v) is 8.83. The van der Waals surface area contributed by atoms with Crippen LogP contribution in [0.2, 0.25) is 0 Å². The van der Waals surface area contributed by atoms with Crippen molar-refractivity contribution in [2.24, 2.45) is 0 Å². The third kappa shape index (κ3) is 4.94. The summed E-state index contributed by atoms with van der Waals surface area (Å²) in [4.78, 5) is 11.8. The molecule has 7 nitrogen and oxygen atoms in total. The smallest absolute Gasteiger partial charge is 0.326 e. The highest BCUT2D eigenvalue weighted by Crippen LogP contribution is 2.29. The van der Waals surface area contributed by atoms with Gasteiger partial charge < -0.3 is 14.2 Å². The summed E-state index contributed by atoms with van der Waals surface area (Å²) in [5, 5.41) is 0. The predicted octanol–water partition coefficient (Wildman–Crippen LogP) is 1.90. The fourth-order valence-corrected chi connectivity index (χ4v) is 3.05. The van der Waals surface area contributed by atoms with Gasteiger partial charge in [-0.3, -0.25) is 4.79 Å². The van der Waals surface area contributed by atoms with E-state index < -0.39 is 22.5 Å². The number of sulfonamides is 1. The Labute approximate surface area is 146 Å². The van der Waals surface area contributed by atoms with Gasteiger partial charge in [-0.2, -0.15) is 4.72 Å². The second-order valence-electron chi connectivity index (χ2n) is 5.13. The van der Waals surface area contributed by atoms with E-state index in [0.29, 0.717) is 11.5 Å². The van der Waals surface area contributed by atoms with Gasteiger partial charge in [0, 0.05) is 6.07 Å². The second kappa shape index (κ2) is 8.00. The lowest BCUT2D eigenvalue weighted by Gasteiger charge is -2.11. The monoisotopic (exact) mass is 365 g/mol. The number of nitrogens with one attached hydrogen (secondary N) is 1. The third-order valence-corrected chi connectivity index (χ3v) is 4.69. The Balaban J connectivity index is 2.05. The molecule has 0 saturated carbocycles. The van der Waals surface area contributed by atoms with Gasteiger partial charge in [0.1, 0.15) is 12.3 Å². The third-order valence-electron chi connectivity index (χ3n) is 3.29. The fourth-order valence-electron chi connectivity index (χ4n) is 2.07. The van der Waals surface area contributed by atoms with Crippen LogP contribution in [0.3, 0.4) is 0 Å². The molecule has 0 aliphatic carbocycles. The summed E-state index contributed by atoms with van der Waals surface area (Å²) >= 11 is 0. The second-order valence-corrected chi connectivity index (χ2v) is 6.90. The van der Waals surface area contributed by atoms with Gasteiger partial charge in [0.25, 0.3) is 0 Å². The van der Waals surface area contributed by atoms with Gasteiger partial charge in [-0.1, -0.05) is 12.1 Å². The molecule has 134 valence electrons. The largest absolute Gasteiger partial charge is 0.493 e. The fraction of sp³-hybridized carbons (Fsp3) is 0.235. The summed E-state index contributed by atoms with van der Waals surface area (Å²) in [6.07, 6.45) is 0. The Bertz CT molecular complexity index is 863. The summed E-state index contributed by atoms with van der Waals surface area (Å²) in [5.74, 6) is 0.318. The summed E-state index contributed by atoms with van der Waals surface area (Å²) in [7, 11) is -1.05. The van der Waals surface area contributed by atoms with Crippen molar-refractivity contribution in [3.8, 4) is 17.2 Å². The van der Waals surface area contributed by atoms with E-state index in [1.165, 1.54) is 32.4 Å². The molecule has 0 fully saturated rings. The quantitative estimate of drug-likeness (QED) is 0.595. The minimum absolute atomic E-state index is 0.0477. The lowest BCUT2D eigenvalue weighted by Crippen LogP contribution is -2.32. The molecule has 0 aromatic heterocycles. The molecule has 2 aromatic carbocycles. The van der Waals surface area contributed by atoms with E-state index >= 15 is 0 Å². The normalized spacial score (nSPS) is 11.0. The number of esters is 1. The van der Waals surface area contributed by atoms with E-state index in [1.54, 1.807) is 18.2 Å². The molecular formula is C17H19NO6S. The van der Waals surface area contributed by atoms with Crippen LogP contribution in [0.1, 0.15) is 5.56 Å². The Hall–Kier alpha value is -2.58. The lowest BCUT2D eigenvalue weighted by molar-refractivity contribution is -0.133. The summed E-state index contributed by atoms with van der Waals surface area (Å²) in [6.45, 7) is 1.36. The van der Waals surface area contributed by atoms with E-state index in [4.69, 9.17) is 14.2 Å². The Morgan fingerprint density at radius 2 is 1.76 bits per heavy atom. The maximum atomic E-state index is 12.3. The van der Waals surface area contributed by atoms with Crippen LogP contribution in [0.4, 0.5) is 0 Å². The molecule has 0 heterocycles. The Morgan fingerprint density at radius 1 is 1.04 bits per heavy atom. The van der Waals surface area contributed by atoms with Crippen molar-refractivity contribution >= 4 is 16.0 Å². The van der Waals surface area contributed by atoms with E-state index in [2.05, 4.69) is 4.72 Å². The molecule has 1 N–H and O–H groups in total. The van der Waals surface area contributed by atoms with Crippen LogP contribution in [-0.2, 0) is 14.8 Å². The minimum atomic E-state index is -3.90. The molecule has 0 spiro atoms. The van der Waals surface area contributed by atoms with Crippen LogP contribution >= 0.6 is 0 Å². The van der Waals surface area contributed by atoms with Crippen LogP contribution < -0.4 is 18.9 Å². The molecule has 0 bridgehead atoms. The Kier molecular flexibility index (Phi) is 6.00. The molecule has 0 saturated heterocycles. The molecule has 0 atom stereocenters. The number of benzene rings is 2. The number of hydrogen-bond donors (Lipinski definition) is 1. The summed E-state index contributed by atoms with van der Waals surface area (Å²) < 4.78 is 42.0. The molecular weight excluding hydrogens is 346 g/mol. The van der Waals surface area contributed by atoms with Crippen LogP contribution in [0.25, 0.3) is 0 Å². The van der Waals surface area contributed by atoms with Gasteiger partial charge >= 0.3 is 5.97 Å². The van der Waals surface area contributed by atoms with Crippen LogP contribution in [0.15, 0.2) is 47.4 Å². The van der Waals surface area contributed by atoms with E-state index in [-0.39, 0.29) is 10.6 Å². The average Bonchev–Trinajstić information content (AvgIpc) is 2.59.